The lowest BCUT2D eigenvalue weighted by Gasteiger charge is -2.52. The molecule has 2 heterocycles. The van der Waals surface area contributed by atoms with E-state index in [-0.39, 0.29) is 18.9 Å². The molecule has 0 aliphatic carbocycles. The van der Waals surface area contributed by atoms with Gasteiger partial charge in [-0.15, -0.1) is 11.8 Å². The summed E-state index contributed by atoms with van der Waals surface area (Å²) < 4.78 is 8.14. The van der Waals surface area contributed by atoms with Gasteiger partial charge in [-0.25, -0.2) is 9.59 Å². The molecule has 2 N–H and O–H groups in total. The van der Waals surface area contributed by atoms with Gasteiger partial charge in [0, 0.05) is 5.75 Å². The zero-order valence-corrected chi connectivity index (χ0v) is 17.9. The highest BCUT2D eigenvalue weighted by Gasteiger charge is 2.57. The van der Waals surface area contributed by atoms with Gasteiger partial charge in [-0.3, -0.25) is 4.79 Å². The maximum Gasteiger partial charge on any atom is 0.408 e. The average molecular weight is 484 g/mol. The van der Waals surface area contributed by atoms with Gasteiger partial charge in [0.1, 0.15) is 24.6 Å². The second-order valence-corrected chi connectivity index (χ2v) is 10.2. The Kier molecular flexibility index (Phi) is 6.74. The van der Waals surface area contributed by atoms with E-state index in [0.29, 0.717) is 0 Å². The van der Waals surface area contributed by atoms with Crippen molar-refractivity contribution in [3.05, 3.63) is 35.9 Å². The summed E-state index contributed by atoms with van der Waals surface area (Å²) in [5.74, 6) is -1.47. The van der Waals surface area contributed by atoms with Crippen LogP contribution in [0.25, 0.3) is 0 Å². The number of thioether (sulfide) groups is 1. The van der Waals surface area contributed by atoms with Crippen LogP contribution < -0.4 is 5.32 Å². The van der Waals surface area contributed by atoms with Crippen LogP contribution in [0.4, 0.5) is 4.79 Å². The normalized spacial score (nSPS) is 26.2. The minimum Gasteiger partial charge on any atom is -0.459 e. The summed E-state index contributed by atoms with van der Waals surface area (Å²) in [5, 5.41) is 12.6. The molecule has 0 saturated carbocycles. The van der Waals surface area contributed by atoms with E-state index in [2.05, 4.69) is 5.32 Å². The van der Waals surface area contributed by atoms with E-state index in [0.717, 1.165) is 17.3 Å². The standard InChI is InChI=1S/C17H17Cl3N2O6S/c18-17(19,20)8-28-14(24)16(26)7-22-12(23)11(13(22)29-9-16)21-15(25)27-6-10-4-2-1-3-5-10/h1-5,11,13,26H,6-9H2,(H,21,25)/t11?,13-,16?/m1/s1. The monoisotopic (exact) mass is 482 g/mol. The van der Waals surface area contributed by atoms with Crippen molar-refractivity contribution in [1.82, 2.24) is 10.2 Å². The molecule has 3 rings (SSSR count). The minimum atomic E-state index is -1.93. The van der Waals surface area contributed by atoms with Crippen LogP contribution >= 0.6 is 46.6 Å². The zero-order chi connectivity index (χ0) is 21.2. The van der Waals surface area contributed by atoms with Crippen LogP contribution in [0, 0.1) is 0 Å². The van der Waals surface area contributed by atoms with Crippen LogP contribution in [0.2, 0.25) is 0 Å². The summed E-state index contributed by atoms with van der Waals surface area (Å²) in [6.45, 7) is -0.734. The number of benzene rings is 1. The van der Waals surface area contributed by atoms with Crippen molar-refractivity contribution in [3.63, 3.8) is 0 Å². The molecule has 0 spiro atoms. The third-order valence-electron chi connectivity index (χ3n) is 4.30. The zero-order valence-electron chi connectivity index (χ0n) is 14.8. The molecule has 8 nitrogen and oxygen atoms in total. The summed E-state index contributed by atoms with van der Waals surface area (Å²) in [4.78, 5) is 37.8. The number of hydrogen-bond donors (Lipinski definition) is 2. The number of nitrogens with zero attached hydrogens (tertiary/aromatic N) is 1. The van der Waals surface area contributed by atoms with E-state index >= 15 is 0 Å². The lowest BCUT2D eigenvalue weighted by molar-refractivity contribution is -0.171. The molecule has 2 fully saturated rings. The van der Waals surface area contributed by atoms with Crippen molar-refractivity contribution in [2.75, 3.05) is 18.9 Å². The van der Waals surface area contributed by atoms with E-state index < -0.39 is 45.4 Å². The Labute approximate surface area is 185 Å². The molecule has 1 aromatic rings. The van der Waals surface area contributed by atoms with Crippen molar-refractivity contribution in [2.45, 2.75) is 27.4 Å². The maximum atomic E-state index is 12.3. The smallest absolute Gasteiger partial charge is 0.408 e. The Morgan fingerprint density at radius 1 is 1.28 bits per heavy atom. The Balaban J connectivity index is 1.49. The molecular weight excluding hydrogens is 467 g/mol. The van der Waals surface area contributed by atoms with Crippen LogP contribution in [0.1, 0.15) is 5.56 Å². The lowest BCUT2D eigenvalue weighted by Crippen LogP contribution is -2.75. The van der Waals surface area contributed by atoms with Gasteiger partial charge in [0.15, 0.2) is 5.60 Å². The average Bonchev–Trinajstić information content (AvgIpc) is 2.69. The van der Waals surface area contributed by atoms with Gasteiger partial charge in [-0.05, 0) is 5.56 Å². The molecule has 2 aliphatic heterocycles. The number of alkyl carbamates (subject to hydrolysis) is 1. The first-order valence-electron chi connectivity index (χ1n) is 8.45. The number of amides is 2. The Bertz CT molecular complexity index is 793. The van der Waals surface area contributed by atoms with Gasteiger partial charge >= 0.3 is 12.1 Å². The summed E-state index contributed by atoms with van der Waals surface area (Å²) >= 11 is 17.7. The number of fused-ring (bicyclic) bond motifs is 1. The number of carbonyl (C=O) groups excluding carboxylic acids is 3. The van der Waals surface area contributed by atoms with Crippen molar-refractivity contribution in [3.8, 4) is 0 Å². The number of carbonyl (C=O) groups is 3. The molecule has 29 heavy (non-hydrogen) atoms. The number of β-lactam (4-membered cyclic amide) rings is 1. The number of aliphatic hydroxyl groups is 1. The lowest BCUT2D eigenvalue weighted by atomic mass is 10.00. The SMILES string of the molecule is O=C(NC1C(=O)N2CC(O)(C(=O)OCC(Cl)(Cl)Cl)CS[C@H]12)OCc1ccccc1. The topological polar surface area (TPSA) is 105 Å². The van der Waals surface area contributed by atoms with Crippen molar-refractivity contribution < 1.29 is 29.0 Å². The summed E-state index contributed by atoms with van der Waals surface area (Å²) in [6.07, 6.45) is -0.727. The molecule has 2 amide bonds. The predicted molar refractivity (Wildman–Crippen MR) is 108 cm³/mol. The van der Waals surface area contributed by atoms with Gasteiger partial charge < -0.3 is 24.8 Å². The highest BCUT2D eigenvalue weighted by atomic mass is 35.6. The van der Waals surface area contributed by atoms with Gasteiger partial charge in [0.05, 0.1) is 6.54 Å². The Hall–Kier alpha value is -1.39. The number of nitrogens with one attached hydrogen (secondary N) is 1. The van der Waals surface area contributed by atoms with Gasteiger partial charge in [0.2, 0.25) is 9.70 Å². The quantitative estimate of drug-likeness (QED) is 0.374. The largest absolute Gasteiger partial charge is 0.459 e. The second-order valence-electron chi connectivity index (χ2n) is 6.57. The van der Waals surface area contributed by atoms with Crippen LogP contribution in [-0.4, -0.2) is 67.7 Å². The molecule has 158 valence electrons. The first-order chi connectivity index (χ1) is 13.6. The molecule has 3 atom stereocenters. The number of ether oxygens (including phenoxy) is 2. The maximum absolute atomic E-state index is 12.3. The molecule has 12 heteroatoms. The summed E-state index contributed by atoms with van der Waals surface area (Å²) in [7, 11) is 0. The summed E-state index contributed by atoms with van der Waals surface area (Å²) in [5.41, 5.74) is -1.11. The second kappa shape index (κ2) is 8.77. The fraction of sp³-hybridized carbons (Fsp3) is 0.471. The van der Waals surface area contributed by atoms with Crippen molar-refractivity contribution >= 4 is 64.5 Å². The van der Waals surface area contributed by atoms with E-state index in [9.17, 15) is 19.5 Å². The number of esters is 1. The van der Waals surface area contributed by atoms with Gasteiger partial charge in [-0.1, -0.05) is 65.1 Å². The number of halogens is 3. The first-order valence-corrected chi connectivity index (χ1v) is 10.6. The van der Waals surface area contributed by atoms with Crippen LogP contribution in [0.3, 0.4) is 0 Å². The number of alkyl halides is 3. The van der Waals surface area contributed by atoms with Crippen LogP contribution in [-0.2, 0) is 25.7 Å². The molecule has 2 aliphatic rings. The number of hydrogen-bond acceptors (Lipinski definition) is 7. The van der Waals surface area contributed by atoms with Crippen LogP contribution in [0.15, 0.2) is 30.3 Å². The molecule has 0 aromatic heterocycles. The van der Waals surface area contributed by atoms with E-state index in [4.69, 9.17) is 44.3 Å². The molecule has 0 bridgehead atoms. The molecule has 2 unspecified atom stereocenters. The fourth-order valence-electron chi connectivity index (χ4n) is 2.86. The highest BCUT2D eigenvalue weighted by molar-refractivity contribution is 8.00. The van der Waals surface area contributed by atoms with Crippen molar-refractivity contribution in [1.29, 1.82) is 0 Å². The predicted octanol–water partition coefficient (Wildman–Crippen LogP) is 1.84. The molecule has 2 saturated heterocycles. The highest BCUT2D eigenvalue weighted by Crippen LogP contribution is 2.39. The third-order valence-corrected chi connectivity index (χ3v) is 6.14. The van der Waals surface area contributed by atoms with Crippen molar-refractivity contribution in [2.24, 2.45) is 0 Å². The molecule has 1 aromatic carbocycles. The minimum absolute atomic E-state index is 0.0443. The van der Waals surface area contributed by atoms with Gasteiger partial charge in [0.25, 0.3) is 0 Å². The van der Waals surface area contributed by atoms with Crippen LogP contribution in [0.5, 0.6) is 0 Å². The fourth-order valence-corrected chi connectivity index (χ4v) is 4.41. The number of rotatable bonds is 5. The van der Waals surface area contributed by atoms with Gasteiger partial charge in [-0.2, -0.15) is 0 Å². The van der Waals surface area contributed by atoms with E-state index in [1.54, 1.807) is 0 Å². The molecular formula is C17H17Cl3N2O6S. The first kappa shape index (κ1) is 22.3. The summed E-state index contributed by atoms with van der Waals surface area (Å²) in [6, 6.07) is 8.31. The Morgan fingerprint density at radius 2 is 1.97 bits per heavy atom. The van der Waals surface area contributed by atoms with E-state index in [1.807, 2.05) is 30.3 Å². The molecule has 0 radical (unpaired) electrons. The Morgan fingerprint density at radius 3 is 2.62 bits per heavy atom. The third kappa shape index (κ3) is 5.40. The van der Waals surface area contributed by atoms with E-state index in [1.165, 1.54) is 4.90 Å².